The van der Waals surface area contributed by atoms with E-state index in [0.29, 0.717) is 17.4 Å². The Balaban J connectivity index is 2.06. The molecule has 1 aromatic heterocycles. The molecule has 3 N–H and O–H groups in total. The summed E-state index contributed by atoms with van der Waals surface area (Å²) in [7, 11) is 0. The lowest BCUT2D eigenvalue weighted by molar-refractivity contribution is 0.300. The second kappa shape index (κ2) is 5.72. The van der Waals surface area contributed by atoms with Gasteiger partial charge in [0.25, 0.3) is 0 Å². The van der Waals surface area contributed by atoms with Crippen molar-refractivity contribution in [1.82, 2.24) is 5.43 Å². The molecule has 3 heteroatoms. The number of rotatable bonds is 4. The van der Waals surface area contributed by atoms with E-state index >= 15 is 0 Å². The van der Waals surface area contributed by atoms with Crippen LogP contribution in [-0.4, -0.2) is 6.04 Å². The molecule has 0 amide bonds. The third-order valence-corrected chi connectivity index (χ3v) is 5.00. The SMILES string of the molecule is CC(C)(C)CCC(NN)C1CCCc2sccc21. The third-order valence-electron chi connectivity index (χ3n) is 4.00. The van der Waals surface area contributed by atoms with E-state index in [1.54, 1.807) is 10.4 Å². The maximum Gasteiger partial charge on any atom is 0.0279 e. The molecule has 0 fully saturated rings. The number of hydrogen-bond donors (Lipinski definition) is 2. The van der Waals surface area contributed by atoms with E-state index < -0.39 is 0 Å². The van der Waals surface area contributed by atoms with Gasteiger partial charge in [-0.1, -0.05) is 20.8 Å². The first-order valence-electron chi connectivity index (χ1n) is 7.03. The monoisotopic (exact) mass is 266 g/mol. The first-order chi connectivity index (χ1) is 8.51. The summed E-state index contributed by atoms with van der Waals surface area (Å²) in [6, 6.07) is 2.74. The van der Waals surface area contributed by atoms with Gasteiger partial charge in [0.15, 0.2) is 0 Å². The van der Waals surface area contributed by atoms with Gasteiger partial charge in [0.1, 0.15) is 0 Å². The Morgan fingerprint density at radius 3 is 2.94 bits per heavy atom. The van der Waals surface area contributed by atoms with Gasteiger partial charge in [-0.2, -0.15) is 0 Å². The minimum atomic E-state index is 0.390. The highest BCUT2D eigenvalue weighted by atomic mass is 32.1. The van der Waals surface area contributed by atoms with E-state index in [9.17, 15) is 0 Å². The molecule has 1 aromatic rings. The molecule has 18 heavy (non-hydrogen) atoms. The van der Waals surface area contributed by atoms with E-state index in [4.69, 9.17) is 5.84 Å². The molecule has 1 aliphatic rings. The lowest BCUT2D eigenvalue weighted by Crippen LogP contribution is -2.41. The molecular formula is C15H26N2S. The fourth-order valence-corrected chi connectivity index (χ4v) is 3.93. The summed E-state index contributed by atoms with van der Waals surface area (Å²) in [6.45, 7) is 6.91. The second-order valence-electron chi connectivity index (χ2n) is 6.67. The first kappa shape index (κ1) is 14.0. The lowest BCUT2D eigenvalue weighted by Gasteiger charge is -2.32. The summed E-state index contributed by atoms with van der Waals surface area (Å²) in [5.41, 5.74) is 5.03. The maximum absolute atomic E-state index is 5.81. The van der Waals surface area contributed by atoms with Gasteiger partial charge in [0, 0.05) is 16.8 Å². The molecular weight excluding hydrogens is 240 g/mol. The van der Waals surface area contributed by atoms with Crippen molar-refractivity contribution in [2.24, 2.45) is 11.3 Å². The lowest BCUT2D eigenvalue weighted by atomic mass is 9.78. The Kier molecular flexibility index (Phi) is 4.46. The van der Waals surface area contributed by atoms with Crippen LogP contribution in [0.1, 0.15) is 62.8 Å². The van der Waals surface area contributed by atoms with Crippen molar-refractivity contribution in [2.75, 3.05) is 0 Å². The van der Waals surface area contributed by atoms with Gasteiger partial charge in [-0.05, 0) is 54.5 Å². The molecule has 2 atom stereocenters. The van der Waals surface area contributed by atoms with Gasteiger partial charge in [-0.15, -0.1) is 11.3 Å². The molecule has 0 saturated heterocycles. The van der Waals surface area contributed by atoms with Crippen LogP contribution < -0.4 is 11.3 Å². The normalized spacial score (nSPS) is 21.7. The Labute approximate surface area is 115 Å². The molecule has 0 aliphatic heterocycles. The minimum absolute atomic E-state index is 0.390. The van der Waals surface area contributed by atoms with Crippen LogP contribution in [0.5, 0.6) is 0 Å². The number of thiophene rings is 1. The topological polar surface area (TPSA) is 38.0 Å². The second-order valence-corrected chi connectivity index (χ2v) is 7.67. The minimum Gasteiger partial charge on any atom is -0.271 e. The van der Waals surface area contributed by atoms with Gasteiger partial charge in [0.05, 0.1) is 0 Å². The summed E-state index contributed by atoms with van der Waals surface area (Å²) in [6.07, 6.45) is 6.24. The van der Waals surface area contributed by atoms with Crippen LogP contribution in [0.25, 0.3) is 0 Å². The van der Waals surface area contributed by atoms with Crippen molar-refractivity contribution in [3.05, 3.63) is 21.9 Å². The molecule has 0 bridgehead atoms. The number of aryl methyl sites for hydroxylation is 1. The Morgan fingerprint density at radius 2 is 2.28 bits per heavy atom. The number of fused-ring (bicyclic) bond motifs is 1. The highest BCUT2D eigenvalue weighted by Crippen LogP contribution is 2.38. The quantitative estimate of drug-likeness (QED) is 0.642. The van der Waals surface area contributed by atoms with E-state index in [0.717, 1.165) is 0 Å². The van der Waals surface area contributed by atoms with Crippen LogP contribution in [-0.2, 0) is 6.42 Å². The standard InChI is InChI=1S/C15H26N2S/c1-15(2,3)9-7-13(17-16)11-5-4-6-14-12(11)8-10-18-14/h8,10-11,13,17H,4-7,9,16H2,1-3H3. The Hall–Kier alpha value is -0.380. The predicted octanol–water partition coefficient (Wildman–Crippen LogP) is 3.83. The van der Waals surface area contributed by atoms with Crippen molar-refractivity contribution in [3.8, 4) is 0 Å². The van der Waals surface area contributed by atoms with Gasteiger partial charge < -0.3 is 0 Å². The smallest absolute Gasteiger partial charge is 0.0279 e. The highest BCUT2D eigenvalue weighted by Gasteiger charge is 2.28. The van der Waals surface area contributed by atoms with Crippen molar-refractivity contribution in [3.63, 3.8) is 0 Å². The highest BCUT2D eigenvalue weighted by molar-refractivity contribution is 7.10. The average molecular weight is 266 g/mol. The number of nitrogens with two attached hydrogens (primary N) is 1. The molecule has 0 aromatic carbocycles. The molecule has 2 unspecified atom stereocenters. The van der Waals surface area contributed by atoms with Crippen molar-refractivity contribution < 1.29 is 0 Å². The fraction of sp³-hybridized carbons (Fsp3) is 0.733. The Morgan fingerprint density at radius 1 is 1.50 bits per heavy atom. The van der Waals surface area contributed by atoms with Crippen LogP contribution in [0.4, 0.5) is 0 Å². The van der Waals surface area contributed by atoms with E-state index in [1.165, 1.54) is 32.1 Å². The predicted molar refractivity (Wildman–Crippen MR) is 79.8 cm³/mol. The van der Waals surface area contributed by atoms with E-state index in [1.807, 2.05) is 11.3 Å². The average Bonchev–Trinajstić information content (AvgIpc) is 2.77. The fourth-order valence-electron chi connectivity index (χ4n) is 2.93. The zero-order chi connectivity index (χ0) is 13.2. The van der Waals surface area contributed by atoms with Crippen LogP contribution in [0, 0.1) is 5.41 Å². The molecule has 1 heterocycles. The molecule has 2 rings (SSSR count). The maximum atomic E-state index is 5.81. The number of nitrogens with one attached hydrogen (secondary N) is 1. The zero-order valence-corrected chi connectivity index (χ0v) is 12.6. The van der Waals surface area contributed by atoms with Gasteiger partial charge in [-0.3, -0.25) is 11.3 Å². The van der Waals surface area contributed by atoms with Crippen LogP contribution in [0.15, 0.2) is 11.4 Å². The molecule has 2 nitrogen and oxygen atoms in total. The van der Waals surface area contributed by atoms with E-state index in [2.05, 4.69) is 37.6 Å². The third kappa shape index (κ3) is 3.34. The Bertz CT molecular complexity index is 378. The van der Waals surface area contributed by atoms with E-state index in [-0.39, 0.29) is 0 Å². The van der Waals surface area contributed by atoms with Gasteiger partial charge in [0.2, 0.25) is 0 Å². The first-order valence-corrected chi connectivity index (χ1v) is 7.91. The largest absolute Gasteiger partial charge is 0.271 e. The summed E-state index contributed by atoms with van der Waals surface area (Å²) in [4.78, 5) is 1.59. The molecule has 1 aliphatic carbocycles. The van der Waals surface area contributed by atoms with Gasteiger partial charge >= 0.3 is 0 Å². The molecule has 0 radical (unpaired) electrons. The molecule has 0 saturated carbocycles. The summed E-state index contributed by atoms with van der Waals surface area (Å²) >= 11 is 1.91. The van der Waals surface area contributed by atoms with Crippen molar-refractivity contribution in [2.45, 2.75) is 64.8 Å². The van der Waals surface area contributed by atoms with Crippen molar-refractivity contribution >= 4 is 11.3 Å². The summed E-state index contributed by atoms with van der Waals surface area (Å²) in [5, 5.41) is 2.24. The summed E-state index contributed by atoms with van der Waals surface area (Å²) in [5.74, 6) is 6.43. The van der Waals surface area contributed by atoms with Crippen LogP contribution >= 0.6 is 11.3 Å². The summed E-state index contributed by atoms with van der Waals surface area (Å²) < 4.78 is 0. The number of hydrazine groups is 1. The van der Waals surface area contributed by atoms with Crippen molar-refractivity contribution in [1.29, 1.82) is 0 Å². The van der Waals surface area contributed by atoms with Gasteiger partial charge in [-0.25, -0.2) is 0 Å². The number of hydrogen-bond acceptors (Lipinski definition) is 3. The van der Waals surface area contributed by atoms with Crippen LogP contribution in [0.3, 0.4) is 0 Å². The molecule has 102 valence electrons. The van der Waals surface area contributed by atoms with Crippen LogP contribution in [0.2, 0.25) is 0 Å². The molecule has 0 spiro atoms. The zero-order valence-electron chi connectivity index (χ0n) is 11.8.